The van der Waals surface area contributed by atoms with Gasteiger partial charge in [-0.05, 0) is 50.7 Å². The van der Waals surface area contributed by atoms with Crippen LogP contribution in [0.3, 0.4) is 0 Å². The van der Waals surface area contributed by atoms with E-state index in [1.807, 2.05) is 0 Å². The number of aromatic amines is 1. The summed E-state index contributed by atoms with van der Waals surface area (Å²) in [4.78, 5) is 41.2. The van der Waals surface area contributed by atoms with E-state index in [-0.39, 0.29) is 24.8 Å². The smallest absolute Gasteiger partial charge is 0.339 e. The number of anilines is 1. The lowest BCUT2D eigenvalue weighted by Gasteiger charge is -2.15. The van der Waals surface area contributed by atoms with Gasteiger partial charge in [-0.25, -0.2) is 4.79 Å². The zero-order chi connectivity index (χ0) is 20.8. The first-order valence-corrected chi connectivity index (χ1v) is 8.70. The molecule has 150 valence electrons. The Morgan fingerprint density at radius 3 is 2.29 bits per heavy atom. The SMILES string of the molecule is COC(=O)c1c(C)[nH]c(C(=O)CN(C)CC(=O)Nc2ccc(OC)cc2)c1C. The Morgan fingerprint density at radius 1 is 1.07 bits per heavy atom. The molecule has 2 rings (SSSR count). The molecule has 0 aliphatic carbocycles. The van der Waals surface area contributed by atoms with E-state index in [2.05, 4.69) is 10.3 Å². The number of carbonyl (C=O) groups is 3. The number of ether oxygens (including phenoxy) is 2. The van der Waals surface area contributed by atoms with Gasteiger partial charge in [0.05, 0.1) is 38.6 Å². The van der Waals surface area contributed by atoms with E-state index < -0.39 is 5.97 Å². The molecule has 8 heteroatoms. The predicted molar refractivity (Wildman–Crippen MR) is 105 cm³/mol. The van der Waals surface area contributed by atoms with Crippen LogP contribution in [0, 0.1) is 13.8 Å². The van der Waals surface area contributed by atoms with Crippen LogP contribution >= 0.6 is 0 Å². The molecule has 0 unspecified atom stereocenters. The molecule has 0 aliphatic rings. The molecular formula is C20H25N3O5. The van der Waals surface area contributed by atoms with Crippen molar-refractivity contribution in [3.05, 3.63) is 46.8 Å². The average molecular weight is 387 g/mol. The second kappa shape index (κ2) is 9.18. The molecule has 0 saturated heterocycles. The topological polar surface area (TPSA) is 101 Å². The number of nitrogens with zero attached hydrogens (tertiary/aromatic N) is 1. The minimum atomic E-state index is -0.488. The predicted octanol–water partition coefficient (Wildman–Crippen LogP) is 2.18. The third kappa shape index (κ3) is 4.98. The van der Waals surface area contributed by atoms with Crippen molar-refractivity contribution in [2.24, 2.45) is 0 Å². The number of rotatable bonds is 8. The number of methoxy groups -OCH3 is 2. The van der Waals surface area contributed by atoms with Gasteiger partial charge in [0.15, 0.2) is 5.78 Å². The van der Waals surface area contributed by atoms with Crippen molar-refractivity contribution < 1.29 is 23.9 Å². The zero-order valence-electron chi connectivity index (χ0n) is 16.7. The maximum absolute atomic E-state index is 12.6. The van der Waals surface area contributed by atoms with Gasteiger partial charge in [0, 0.05) is 11.4 Å². The number of ketones is 1. The minimum Gasteiger partial charge on any atom is -0.497 e. The van der Waals surface area contributed by atoms with Crippen molar-refractivity contribution in [2.45, 2.75) is 13.8 Å². The number of nitrogens with one attached hydrogen (secondary N) is 2. The van der Waals surface area contributed by atoms with Gasteiger partial charge in [0.25, 0.3) is 0 Å². The number of aromatic nitrogens is 1. The standard InChI is InChI=1S/C20H25N3O5/c1-12-18(20(26)28-5)13(2)21-19(12)16(24)10-23(3)11-17(25)22-14-6-8-15(27-4)9-7-14/h6-9,21H,10-11H2,1-5H3,(H,22,25). The van der Waals surface area contributed by atoms with Crippen molar-refractivity contribution in [3.63, 3.8) is 0 Å². The molecule has 0 atom stereocenters. The number of hydrogen-bond donors (Lipinski definition) is 2. The molecule has 0 radical (unpaired) electrons. The zero-order valence-corrected chi connectivity index (χ0v) is 16.7. The summed E-state index contributed by atoms with van der Waals surface area (Å²) in [5, 5.41) is 2.77. The van der Waals surface area contributed by atoms with Crippen LogP contribution in [0.25, 0.3) is 0 Å². The number of Topliss-reactive ketones (excluding diaryl/α,β-unsaturated/α-hetero) is 1. The van der Waals surface area contributed by atoms with Gasteiger partial charge in [-0.3, -0.25) is 14.5 Å². The van der Waals surface area contributed by atoms with Gasteiger partial charge in [0.2, 0.25) is 5.91 Å². The normalized spacial score (nSPS) is 10.6. The van der Waals surface area contributed by atoms with Gasteiger partial charge in [-0.15, -0.1) is 0 Å². The largest absolute Gasteiger partial charge is 0.497 e. The van der Waals surface area contributed by atoms with E-state index in [1.165, 1.54) is 7.11 Å². The van der Waals surface area contributed by atoms with Crippen molar-refractivity contribution in [1.82, 2.24) is 9.88 Å². The molecular weight excluding hydrogens is 362 g/mol. The molecule has 2 aromatic rings. The van der Waals surface area contributed by atoms with Gasteiger partial charge >= 0.3 is 5.97 Å². The molecule has 8 nitrogen and oxygen atoms in total. The second-order valence-corrected chi connectivity index (χ2v) is 6.49. The highest BCUT2D eigenvalue weighted by molar-refractivity contribution is 6.02. The van der Waals surface area contributed by atoms with Crippen molar-refractivity contribution >= 4 is 23.3 Å². The molecule has 0 fully saturated rings. The number of carbonyl (C=O) groups excluding carboxylic acids is 3. The van der Waals surface area contributed by atoms with Crippen LogP contribution in [0.5, 0.6) is 5.75 Å². The first kappa shape index (κ1) is 21.2. The summed E-state index contributed by atoms with van der Waals surface area (Å²) in [7, 11) is 4.55. The monoisotopic (exact) mass is 387 g/mol. The minimum absolute atomic E-state index is 0.0252. The van der Waals surface area contributed by atoms with Gasteiger partial charge < -0.3 is 19.8 Å². The Bertz CT molecular complexity index is 871. The fourth-order valence-corrected chi connectivity index (χ4v) is 2.94. The summed E-state index contributed by atoms with van der Waals surface area (Å²) >= 11 is 0. The lowest BCUT2D eigenvalue weighted by molar-refractivity contribution is -0.116. The molecule has 1 aromatic carbocycles. The maximum Gasteiger partial charge on any atom is 0.339 e. The molecule has 0 saturated carbocycles. The highest BCUT2D eigenvalue weighted by Gasteiger charge is 2.23. The second-order valence-electron chi connectivity index (χ2n) is 6.49. The third-order valence-electron chi connectivity index (χ3n) is 4.31. The van der Waals surface area contributed by atoms with E-state index in [9.17, 15) is 14.4 Å². The van der Waals surface area contributed by atoms with E-state index in [0.717, 1.165) is 0 Å². The number of likely N-dealkylation sites (N-methyl/N-ethyl adjacent to an activating group) is 1. The third-order valence-corrected chi connectivity index (χ3v) is 4.31. The van der Waals surface area contributed by atoms with E-state index in [1.54, 1.807) is 57.2 Å². The Hall–Kier alpha value is -3.13. The number of hydrogen-bond acceptors (Lipinski definition) is 6. The summed E-state index contributed by atoms with van der Waals surface area (Å²) in [5.41, 5.74) is 2.48. The average Bonchev–Trinajstić information content (AvgIpc) is 2.95. The molecule has 2 N–H and O–H groups in total. The van der Waals surface area contributed by atoms with Gasteiger partial charge in [0.1, 0.15) is 5.75 Å². The summed E-state index contributed by atoms with van der Waals surface area (Å²) in [6.45, 7) is 3.47. The Morgan fingerprint density at radius 2 is 1.71 bits per heavy atom. The van der Waals surface area contributed by atoms with Crippen molar-refractivity contribution in [3.8, 4) is 5.75 Å². The fourth-order valence-electron chi connectivity index (χ4n) is 2.94. The number of H-pyrrole nitrogens is 1. The number of esters is 1. The fraction of sp³-hybridized carbons (Fsp3) is 0.350. The van der Waals surface area contributed by atoms with Gasteiger partial charge in [-0.2, -0.15) is 0 Å². The summed E-state index contributed by atoms with van der Waals surface area (Å²) in [5.74, 6) is -0.244. The Labute approximate surface area is 163 Å². The van der Waals surface area contributed by atoms with Gasteiger partial charge in [-0.1, -0.05) is 0 Å². The summed E-state index contributed by atoms with van der Waals surface area (Å²) < 4.78 is 9.83. The van der Waals surface area contributed by atoms with E-state index in [4.69, 9.17) is 9.47 Å². The molecule has 1 aromatic heterocycles. The number of aryl methyl sites for hydroxylation is 1. The van der Waals surface area contributed by atoms with Crippen LogP contribution in [0.2, 0.25) is 0 Å². The molecule has 1 heterocycles. The maximum atomic E-state index is 12.6. The highest BCUT2D eigenvalue weighted by Crippen LogP contribution is 2.19. The lowest BCUT2D eigenvalue weighted by atomic mass is 10.1. The summed E-state index contributed by atoms with van der Waals surface area (Å²) in [6.07, 6.45) is 0. The van der Waals surface area contributed by atoms with Crippen LogP contribution < -0.4 is 10.1 Å². The lowest BCUT2D eigenvalue weighted by Crippen LogP contribution is -2.34. The molecule has 0 bridgehead atoms. The highest BCUT2D eigenvalue weighted by atomic mass is 16.5. The summed E-state index contributed by atoms with van der Waals surface area (Å²) in [6, 6.07) is 6.97. The number of benzene rings is 1. The van der Waals surface area contributed by atoms with Crippen LogP contribution in [-0.2, 0) is 9.53 Å². The van der Waals surface area contributed by atoms with Crippen molar-refractivity contribution in [2.75, 3.05) is 39.7 Å². The molecule has 0 aliphatic heterocycles. The first-order chi connectivity index (χ1) is 13.3. The first-order valence-electron chi connectivity index (χ1n) is 8.70. The Kier molecular flexibility index (Phi) is 6.94. The van der Waals surface area contributed by atoms with Crippen LogP contribution in [0.4, 0.5) is 5.69 Å². The number of amides is 1. The Balaban J connectivity index is 1.96. The van der Waals surface area contributed by atoms with Crippen LogP contribution in [0.15, 0.2) is 24.3 Å². The van der Waals surface area contributed by atoms with Crippen molar-refractivity contribution in [1.29, 1.82) is 0 Å². The quantitative estimate of drug-likeness (QED) is 0.532. The van der Waals surface area contributed by atoms with Crippen LogP contribution in [-0.4, -0.2) is 61.9 Å². The van der Waals surface area contributed by atoms with E-state index >= 15 is 0 Å². The molecule has 28 heavy (non-hydrogen) atoms. The molecule has 0 spiro atoms. The van der Waals surface area contributed by atoms with Crippen LogP contribution in [0.1, 0.15) is 32.1 Å². The molecule has 1 amide bonds. The van der Waals surface area contributed by atoms with E-state index in [0.29, 0.717) is 34.0 Å².